The number of rotatable bonds is 17. The number of amides is 1. The molecule has 1 amide bonds. The molecular weight excluding hydrogens is 630 g/mol. The van der Waals surface area contributed by atoms with E-state index in [4.69, 9.17) is 14.5 Å². The minimum absolute atomic E-state index is 0.0917. The number of aryl methyl sites for hydroxylation is 1. The van der Waals surface area contributed by atoms with Gasteiger partial charge in [0.1, 0.15) is 25.4 Å². The predicted molar refractivity (Wildman–Crippen MR) is 187 cm³/mol. The summed E-state index contributed by atoms with van der Waals surface area (Å²) in [4.78, 5) is 29.8. The molecule has 5 rings (SSSR count). The Labute approximate surface area is 284 Å². The quantitative estimate of drug-likeness (QED) is 0.163. The summed E-state index contributed by atoms with van der Waals surface area (Å²) in [6.45, 7) is 10.9. The summed E-state index contributed by atoms with van der Waals surface area (Å²) in [5, 5.41) is 3.02. The fraction of sp³-hybridized carbons (Fsp3) is 0.543. The molecule has 4 heterocycles. The number of sulfone groups is 1. The number of aromatic nitrogens is 4. The minimum Gasteiger partial charge on any atom is -0.486 e. The van der Waals surface area contributed by atoms with Crippen LogP contribution in [0.4, 0.5) is 5.82 Å². The third-order valence-electron chi connectivity index (χ3n) is 9.02. The van der Waals surface area contributed by atoms with Gasteiger partial charge in [0.05, 0.1) is 18.7 Å². The van der Waals surface area contributed by atoms with Crippen molar-refractivity contribution in [2.75, 3.05) is 56.6 Å². The fourth-order valence-electron chi connectivity index (χ4n) is 6.49. The van der Waals surface area contributed by atoms with Gasteiger partial charge in [-0.25, -0.2) is 18.4 Å². The zero-order valence-corrected chi connectivity index (χ0v) is 29.1. The predicted octanol–water partition coefficient (Wildman–Crippen LogP) is 4.27. The molecule has 1 atom stereocenters. The van der Waals surface area contributed by atoms with Crippen molar-refractivity contribution in [3.05, 3.63) is 66.9 Å². The molecule has 2 aliphatic rings. The average molecular weight is 680 g/mol. The van der Waals surface area contributed by atoms with Crippen LogP contribution in [0.1, 0.15) is 63.1 Å². The van der Waals surface area contributed by atoms with Gasteiger partial charge in [0.15, 0.2) is 26.2 Å². The van der Waals surface area contributed by atoms with E-state index >= 15 is 0 Å². The molecule has 1 aromatic carbocycles. The lowest BCUT2D eigenvalue weighted by Crippen LogP contribution is -2.68. The Hall–Kier alpha value is -3.97. The first-order valence-electron chi connectivity index (χ1n) is 17.1. The zero-order valence-electron chi connectivity index (χ0n) is 28.3. The van der Waals surface area contributed by atoms with Gasteiger partial charge in [-0.3, -0.25) is 14.3 Å². The number of ether oxygens (including phenoxy) is 2. The molecule has 0 bridgehead atoms. The number of carbonyl (C=O) groups excluding carboxylic acids is 1. The monoisotopic (exact) mass is 679 g/mol. The number of benzene rings is 1. The topological polar surface area (TPSA) is 132 Å². The van der Waals surface area contributed by atoms with Crippen molar-refractivity contribution in [3.63, 3.8) is 0 Å². The van der Waals surface area contributed by atoms with Crippen LogP contribution in [-0.2, 0) is 21.1 Å². The van der Waals surface area contributed by atoms with E-state index < -0.39 is 14.7 Å². The number of carbonyl (C=O) groups is 1. The molecule has 260 valence electrons. The number of fused-ring (bicyclic) bond motifs is 1. The van der Waals surface area contributed by atoms with E-state index in [-0.39, 0.29) is 24.6 Å². The number of anilines is 1. The highest BCUT2D eigenvalue weighted by atomic mass is 32.2. The lowest BCUT2D eigenvalue weighted by molar-refractivity contribution is -0.123. The lowest BCUT2D eigenvalue weighted by atomic mass is 10.0. The highest BCUT2D eigenvalue weighted by molar-refractivity contribution is 7.92. The summed E-state index contributed by atoms with van der Waals surface area (Å²) in [6, 6.07) is 7.63. The SMILES string of the molecule is C=CCS(=O)(=O)C1(CC(=O)NCCc2ccc3c(c2)OCCO3)CN(c2cc(C)nc(-n3ccnc3)n2)CCN1CCCCCCCC. The summed E-state index contributed by atoms with van der Waals surface area (Å²) in [6.07, 6.45) is 13.4. The Morgan fingerprint density at radius 1 is 1.06 bits per heavy atom. The molecule has 2 aliphatic heterocycles. The number of hydrogen-bond donors (Lipinski definition) is 1. The van der Waals surface area contributed by atoms with E-state index in [0.29, 0.717) is 69.1 Å². The van der Waals surface area contributed by atoms with Crippen molar-refractivity contribution in [2.24, 2.45) is 0 Å². The molecule has 48 heavy (non-hydrogen) atoms. The van der Waals surface area contributed by atoms with Crippen LogP contribution in [0, 0.1) is 6.92 Å². The summed E-state index contributed by atoms with van der Waals surface area (Å²) in [7, 11) is -3.87. The number of nitrogens with zero attached hydrogens (tertiary/aromatic N) is 6. The third kappa shape index (κ3) is 8.54. The minimum atomic E-state index is -3.87. The van der Waals surface area contributed by atoms with Crippen LogP contribution in [0.25, 0.3) is 5.95 Å². The maximum Gasteiger partial charge on any atom is 0.237 e. The molecule has 0 aliphatic carbocycles. The van der Waals surface area contributed by atoms with Crippen molar-refractivity contribution >= 4 is 21.6 Å². The molecule has 3 aromatic rings. The second-order valence-corrected chi connectivity index (χ2v) is 14.9. The third-order valence-corrected chi connectivity index (χ3v) is 11.4. The summed E-state index contributed by atoms with van der Waals surface area (Å²) in [5.74, 6) is 1.93. The van der Waals surface area contributed by atoms with Crippen molar-refractivity contribution in [1.29, 1.82) is 0 Å². The molecule has 0 spiro atoms. The summed E-state index contributed by atoms with van der Waals surface area (Å²) < 4.78 is 41.8. The van der Waals surface area contributed by atoms with Crippen molar-refractivity contribution in [3.8, 4) is 17.4 Å². The number of imidazole rings is 1. The van der Waals surface area contributed by atoms with Crippen LogP contribution < -0.4 is 19.7 Å². The second kappa shape index (κ2) is 16.4. The van der Waals surface area contributed by atoms with Crippen LogP contribution >= 0.6 is 0 Å². The summed E-state index contributed by atoms with van der Waals surface area (Å²) in [5.41, 5.74) is 1.74. The van der Waals surface area contributed by atoms with Crippen LogP contribution in [0.3, 0.4) is 0 Å². The number of piperazine rings is 1. The van der Waals surface area contributed by atoms with Gasteiger partial charge in [-0.1, -0.05) is 51.2 Å². The molecule has 13 heteroatoms. The van der Waals surface area contributed by atoms with Gasteiger partial charge in [0, 0.05) is 43.8 Å². The normalized spacial score (nSPS) is 18.1. The Morgan fingerprint density at radius 3 is 2.62 bits per heavy atom. The van der Waals surface area contributed by atoms with E-state index in [2.05, 4.69) is 28.8 Å². The first-order valence-corrected chi connectivity index (χ1v) is 18.7. The number of hydrogen-bond acceptors (Lipinski definition) is 10. The first-order chi connectivity index (χ1) is 23.2. The standard InChI is InChI=1S/C35H49N7O5S/c1-4-6-7-8-9-10-16-42-19-18-40(32-23-28(3)38-34(39-32)41-17-15-36-27-41)26-35(42,48(44,45)22-5-2)25-33(43)37-14-13-29-11-12-30-31(24-29)47-21-20-46-30/h5,11-12,15,17,23-24,27H,2,4,6-10,13-14,16,18-22,25-26H2,1,3H3,(H,37,43). The maximum absolute atomic E-state index is 14.4. The van der Waals surface area contributed by atoms with Gasteiger partial charge in [-0.2, -0.15) is 4.98 Å². The van der Waals surface area contributed by atoms with Crippen molar-refractivity contribution < 1.29 is 22.7 Å². The number of unbranched alkanes of at least 4 members (excludes halogenated alkanes) is 5. The molecular formula is C35H49N7O5S. The Bertz CT molecular complexity index is 1630. The second-order valence-electron chi connectivity index (χ2n) is 12.6. The molecule has 1 unspecified atom stereocenters. The van der Waals surface area contributed by atoms with E-state index in [1.807, 2.05) is 41.0 Å². The van der Waals surface area contributed by atoms with Crippen LogP contribution in [0.15, 0.2) is 55.6 Å². The van der Waals surface area contributed by atoms with Gasteiger partial charge in [0.2, 0.25) is 11.9 Å². The zero-order chi connectivity index (χ0) is 34.0. The van der Waals surface area contributed by atoms with Gasteiger partial charge >= 0.3 is 0 Å². The first kappa shape index (κ1) is 35.3. The highest BCUT2D eigenvalue weighted by Gasteiger charge is 2.52. The molecule has 12 nitrogen and oxygen atoms in total. The van der Waals surface area contributed by atoms with Gasteiger partial charge in [-0.05, 0) is 44.0 Å². The van der Waals surface area contributed by atoms with E-state index in [1.54, 1.807) is 23.3 Å². The van der Waals surface area contributed by atoms with E-state index in [9.17, 15) is 13.2 Å². The summed E-state index contributed by atoms with van der Waals surface area (Å²) >= 11 is 0. The lowest BCUT2D eigenvalue weighted by Gasteiger charge is -2.50. The van der Waals surface area contributed by atoms with Crippen LogP contribution in [-0.4, -0.2) is 95.3 Å². The van der Waals surface area contributed by atoms with Gasteiger partial charge in [-0.15, -0.1) is 6.58 Å². The van der Waals surface area contributed by atoms with Crippen molar-refractivity contribution in [2.45, 2.75) is 70.1 Å². The van der Waals surface area contributed by atoms with E-state index in [1.165, 1.54) is 25.3 Å². The van der Waals surface area contributed by atoms with E-state index in [0.717, 1.165) is 30.5 Å². The smallest absolute Gasteiger partial charge is 0.237 e. The molecule has 1 N–H and O–H groups in total. The molecule has 1 saturated heterocycles. The highest BCUT2D eigenvalue weighted by Crippen LogP contribution is 2.35. The molecule has 0 saturated carbocycles. The Balaban J connectivity index is 1.38. The largest absolute Gasteiger partial charge is 0.486 e. The maximum atomic E-state index is 14.4. The van der Waals surface area contributed by atoms with Crippen LogP contribution in [0.5, 0.6) is 11.5 Å². The Kier molecular flexibility index (Phi) is 12.1. The van der Waals surface area contributed by atoms with Crippen LogP contribution in [0.2, 0.25) is 0 Å². The molecule has 2 aromatic heterocycles. The molecule has 1 fully saturated rings. The number of nitrogens with one attached hydrogen (secondary N) is 1. The Morgan fingerprint density at radius 2 is 1.85 bits per heavy atom. The van der Waals surface area contributed by atoms with Crippen molar-refractivity contribution in [1.82, 2.24) is 29.7 Å². The molecule has 0 radical (unpaired) electrons. The fourth-order valence-corrected chi connectivity index (χ4v) is 8.39. The van der Waals surface area contributed by atoms with Gasteiger partial charge < -0.3 is 19.7 Å². The van der Waals surface area contributed by atoms with Gasteiger partial charge in [0.25, 0.3) is 0 Å². The average Bonchev–Trinajstić information content (AvgIpc) is 3.62.